The first-order valence-corrected chi connectivity index (χ1v) is 8.97. The van der Waals surface area contributed by atoms with Crippen molar-refractivity contribution in [3.63, 3.8) is 0 Å². The second-order valence-corrected chi connectivity index (χ2v) is 6.09. The van der Waals surface area contributed by atoms with Crippen LogP contribution < -0.4 is 17.2 Å². The molecule has 0 saturated heterocycles. The number of ether oxygens (including phenoxy) is 3. The fourth-order valence-electron chi connectivity index (χ4n) is 2.18. The van der Waals surface area contributed by atoms with Gasteiger partial charge in [-0.3, -0.25) is 0 Å². The zero-order valence-electron chi connectivity index (χ0n) is 16.4. The molecule has 0 radical (unpaired) electrons. The summed E-state index contributed by atoms with van der Waals surface area (Å²) in [5, 5.41) is 64.0. The Balaban J connectivity index is 5.13. The molecule has 0 heterocycles. The van der Waals surface area contributed by atoms with Gasteiger partial charge in [-0.25, -0.2) is 0 Å². The Morgan fingerprint density at radius 3 is 1.50 bits per heavy atom. The van der Waals surface area contributed by atoms with Crippen LogP contribution in [0.2, 0.25) is 0 Å². The van der Waals surface area contributed by atoms with Crippen LogP contribution in [0, 0.1) is 0 Å². The fraction of sp³-hybridized carbons (Fsp3) is 0.800. The van der Waals surface area contributed by atoms with Gasteiger partial charge in [0.2, 0.25) is 0 Å². The van der Waals surface area contributed by atoms with E-state index < -0.39 is 31.0 Å². The summed E-state index contributed by atoms with van der Waals surface area (Å²) < 4.78 is 16.3. The third-order valence-corrected chi connectivity index (χ3v) is 3.78. The lowest BCUT2D eigenvalue weighted by Crippen LogP contribution is -2.51. The first kappa shape index (κ1) is 27.6. The zero-order chi connectivity index (χ0) is 22.9. The number of nitrogens with two attached hydrogens (primary N) is 3. The summed E-state index contributed by atoms with van der Waals surface area (Å²) in [6.07, 6.45) is -5.08. The molecule has 176 valence electrons. The Labute approximate surface area is 173 Å². The molecule has 0 aromatic carbocycles. The van der Waals surface area contributed by atoms with Gasteiger partial charge in [-0.2, -0.15) is 0 Å². The van der Waals surface area contributed by atoms with Crippen molar-refractivity contribution in [1.82, 2.24) is 0 Å². The van der Waals surface area contributed by atoms with Crippen molar-refractivity contribution in [1.29, 1.82) is 0 Å². The SMILES string of the molecule is NC(CCOCC(O)C(OCCC(N)=NO)C(OCCC(N)=NO)C(O)CO)=NO. The lowest BCUT2D eigenvalue weighted by atomic mass is 10.0. The largest absolute Gasteiger partial charge is 0.409 e. The molecule has 4 atom stereocenters. The average molecular weight is 440 g/mol. The summed E-state index contributed by atoms with van der Waals surface area (Å²) in [6, 6.07) is 0. The van der Waals surface area contributed by atoms with Gasteiger partial charge in [0.05, 0.1) is 33.0 Å². The lowest BCUT2D eigenvalue weighted by molar-refractivity contribution is -0.171. The molecule has 0 aliphatic heterocycles. The molecule has 0 aromatic rings. The Morgan fingerprint density at radius 2 is 1.10 bits per heavy atom. The average Bonchev–Trinajstić information content (AvgIpc) is 2.76. The van der Waals surface area contributed by atoms with Crippen LogP contribution in [0.5, 0.6) is 0 Å². The second-order valence-electron chi connectivity index (χ2n) is 6.09. The van der Waals surface area contributed by atoms with E-state index in [0.717, 1.165) is 0 Å². The van der Waals surface area contributed by atoms with Gasteiger partial charge >= 0.3 is 0 Å². The number of nitrogens with zero attached hydrogens (tertiary/aromatic N) is 3. The molecule has 30 heavy (non-hydrogen) atoms. The number of amidine groups is 3. The van der Waals surface area contributed by atoms with Crippen LogP contribution in [0.3, 0.4) is 0 Å². The molecule has 0 fully saturated rings. The summed E-state index contributed by atoms with van der Waals surface area (Å²) in [7, 11) is 0. The van der Waals surface area contributed by atoms with Gasteiger partial charge < -0.3 is 62.4 Å². The highest BCUT2D eigenvalue weighted by molar-refractivity contribution is 5.80. The normalized spacial score (nSPS) is 17.5. The molecule has 0 spiro atoms. The third kappa shape index (κ3) is 11.5. The van der Waals surface area contributed by atoms with Crippen LogP contribution in [-0.4, -0.2) is 106 Å². The smallest absolute Gasteiger partial charge is 0.141 e. The van der Waals surface area contributed by atoms with Gasteiger partial charge in [-0.05, 0) is 0 Å². The van der Waals surface area contributed by atoms with Gasteiger partial charge in [0.15, 0.2) is 0 Å². The summed E-state index contributed by atoms with van der Waals surface area (Å²) >= 11 is 0. The van der Waals surface area contributed by atoms with E-state index in [1.54, 1.807) is 0 Å². The summed E-state index contributed by atoms with van der Waals surface area (Å²) in [4.78, 5) is 0. The molecule has 15 nitrogen and oxygen atoms in total. The van der Waals surface area contributed by atoms with Gasteiger partial charge in [-0.1, -0.05) is 15.5 Å². The highest BCUT2D eigenvalue weighted by Gasteiger charge is 2.35. The monoisotopic (exact) mass is 440 g/mol. The molecular weight excluding hydrogens is 408 g/mol. The Hall–Kier alpha value is -2.43. The van der Waals surface area contributed by atoms with Crippen LogP contribution in [0.1, 0.15) is 19.3 Å². The highest BCUT2D eigenvalue weighted by atomic mass is 16.6. The quantitative estimate of drug-likeness (QED) is 0.0358. The zero-order valence-corrected chi connectivity index (χ0v) is 16.4. The van der Waals surface area contributed by atoms with Gasteiger partial charge in [-0.15, -0.1) is 0 Å². The molecule has 0 amide bonds. The maximum Gasteiger partial charge on any atom is 0.141 e. The van der Waals surface area contributed by atoms with Gasteiger partial charge in [0, 0.05) is 19.3 Å². The highest BCUT2D eigenvalue weighted by Crippen LogP contribution is 2.15. The Morgan fingerprint density at radius 1 is 0.700 bits per heavy atom. The number of hydrogen-bond donors (Lipinski definition) is 9. The summed E-state index contributed by atoms with van der Waals surface area (Å²) in [6.45, 7) is -1.17. The van der Waals surface area contributed by atoms with Crippen molar-refractivity contribution < 1.29 is 45.2 Å². The standard InChI is InChI=1S/C15H32N6O9/c16-11(19-25)1-4-28-8-10(24)15(30-6-3-13(18)21-27)14(9(23)7-22)29-5-2-12(17)20-26/h9-10,14-15,22-27H,1-8H2,(H2,16,19)(H2,17,20)(H2,18,21). The maximum atomic E-state index is 10.5. The molecule has 0 rings (SSSR count). The minimum Gasteiger partial charge on any atom is -0.409 e. The first-order chi connectivity index (χ1) is 14.3. The molecule has 0 aliphatic carbocycles. The number of aliphatic hydroxyl groups is 3. The Bertz CT molecular complexity index is 549. The number of rotatable bonds is 17. The van der Waals surface area contributed by atoms with Crippen molar-refractivity contribution in [2.24, 2.45) is 32.7 Å². The van der Waals surface area contributed by atoms with Crippen molar-refractivity contribution in [2.45, 2.75) is 43.7 Å². The number of oxime groups is 3. The van der Waals surface area contributed by atoms with Gasteiger partial charge in [0.25, 0.3) is 0 Å². The molecular formula is C15H32N6O9. The van der Waals surface area contributed by atoms with E-state index in [1.807, 2.05) is 0 Å². The van der Waals surface area contributed by atoms with E-state index in [-0.39, 0.29) is 63.2 Å². The van der Waals surface area contributed by atoms with E-state index in [2.05, 4.69) is 15.5 Å². The third-order valence-electron chi connectivity index (χ3n) is 3.78. The second kappa shape index (κ2) is 16.4. The predicted octanol–water partition coefficient (Wildman–Crippen LogP) is -3.10. The predicted molar refractivity (Wildman–Crippen MR) is 103 cm³/mol. The first-order valence-electron chi connectivity index (χ1n) is 8.97. The number of aliphatic hydroxyl groups excluding tert-OH is 3. The van der Waals surface area contributed by atoms with Crippen LogP contribution in [0.25, 0.3) is 0 Å². The minimum absolute atomic E-state index is 0.00829. The molecule has 0 aromatic heterocycles. The molecule has 4 unspecified atom stereocenters. The van der Waals surface area contributed by atoms with E-state index >= 15 is 0 Å². The molecule has 0 bridgehead atoms. The van der Waals surface area contributed by atoms with Crippen molar-refractivity contribution in [3.05, 3.63) is 0 Å². The molecule has 12 N–H and O–H groups in total. The van der Waals surface area contributed by atoms with Crippen LogP contribution in [0.4, 0.5) is 0 Å². The van der Waals surface area contributed by atoms with Crippen LogP contribution >= 0.6 is 0 Å². The topological polar surface area (TPSA) is 264 Å². The summed E-state index contributed by atoms with van der Waals surface area (Å²) in [5.74, 6) is -0.301. The van der Waals surface area contributed by atoms with Gasteiger partial charge in [0.1, 0.15) is 41.9 Å². The van der Waals surface area contributed by atoms with Crippen molar-refractivity contribution >= 4 is 17.5 Å². The fourth-order valence-corrected chi connectivity index (χ4v) is 2.18. The van der Waals surface area contributed by atoms with Crippen molar-refractivity contribution in [3.8, 4) is 0 Å². The maximum absolute atomic E-state index is 10.5. The molecule has 0 saturated carbocycles. The molecule has 0 aliphatic rings. The van der Waals surface area contributed by atoms with E-state index in [0.29, 0.717) is 0 Å². The van der Waals surface area contributed by atoms with Crippen LogP contribution in [0.15, 0.2) is 15.5 Å². The van der Waals surface area contributed by atoms with E-state index in [4.69, 9.17) is 47.0 Å². The Kier molecular flexibility index (Phi) is 15.0. The molecule has 15 heteroatoms. The van der Waals surface area contributed by atoms with Crippen molar-refractivity contribution in [2.75, 3.05) is 33.0 Å². The van der Waals surface area contributed by atoms with E-state index in [9.17, 15) is 15.3 Å². The minimum atomic E-state index is -1.45. The van der Waals surface area contributed by atoms with Crippen LogP contribution in [-0.2, 0) is 14.2 Å². The van der Waals surface area contributed by atoms with E-state index in [1.165, 1.54) is 0 Å². The number of hydrogen-bond acceptors (Lipinski definition) is 12. The summed E-state index contributed by atoms with van der Waals surface area (Å²) in [5.41, 5.74) is 16.1. The lowest BCUT2D eigenvalue weighted by Gasteiger charge is -2.33.